The number of ether oxygens (including phenoxy) is 2. The number of halogens is 1. The second kappa shape index (κ2) is 8.27. The minimum absolute atomic E-state index is 0.312. The second-order valence-corrected chi connectivity index (χ2v) is 4.89. The maximum atomic E-state index is 11.9. The normalized spacial score (nSPS) is 12.2. The van der Waals surface area contributed by atoms with Crippen LogP contribution in [0, 0.1) is 0 Å². The van der Waals surface area contributed by atoms with E-state index in [1.165, 1.54) is 0 Å². The highest BCUT2D eigenvalue weighted by atomic mass is 79.9. The monoisotopic (exact) mass is 314 g/mol. The van der Waals surface area contributed by atoms with Crippen molar-refractivity contribution in [1.29, 1.82) is 0 Å². The molecular weight excluding hydrogens is 296 g/mol. The molecule has 1 aromatic carbocycles. The van der Waals surface area contributed by atoms with E-state index in [0.717, 1.165) is 22.9 Å². The SMILES string of the molecule is CCCOC(=O)C(OCCC)c1ccc(Br)cc1. The summed E-state index contributed by atoms with van der Waals surface area (Å²) in [5, 5.41) is 0. The van der Waals surface area contributed by atoms with Crippen molar-refractivity contribution in [2.75, 3.05) is 13.2 Å². The molecular formula is C14H19BrO3. The number of hydrogen-bond donors (Lipinski definition) is 0. The first-order chi connectivity index (χ1) is 8.69. The van der Waals surface area contributed by atoms with Crippen molar-refractivity contribution in [2.45, 2.75) is 32.8 Å². The first-order valence-electron chi connectivity index (χ1n) is 6.22. The smallest absolute Gasteiger partial charge is 0.339 e. The fraction of sp³-hybridized carbons (Fsp3) is 0.500. The molecule has 1 atom stereocenters. The summed E-state index contributed by atoms with van der Waals surface area (Å²) in [5.74, 6) is -0.312. The number of esters is 1. The van der Waals surface area contributed by atoms with Gasteiger partial charge in [0.05, 0.1) is 6.61 Å². The molecule has 0 saturated heterocycles. The lowest BCUT2D eigenvalue weighted by molar-refractivity contribution is -0.157. The minimum Gasteiger partial charge on any atom is -0.464 e. The Morgan fingerprint density at radius 2 is 1.78 bits per heavy atom. The molecule has 1 rings (SSSR count). The van der Waals surface area contributed by atoms with Gasteiger partial charge in [-0.3, -0.25) is 0 Å². The molecule has 0 aliphatic rings. The third kappa shape index (κ3) is 4.78. The van der Waals surface area contributed by atoms with Crippen molar-refractivity contribution in [3.63, 3.8) is 0 Å². The van der Waals surface area contributed by atoms with Gasteiger partial charge < -0.3 is 9.47 Å². The van der Waals surface area contributed by atoms with Crippen LogP contribution in [0.2, 0.25) is 0 Å². The highest BCUT2D eigenvalue weighted by Gasteiger charge is 2.22. The summed E-state index contributed by atoms with van der Waals surface area (Å²) < 4.78 is 11.7. The summed E-state index contributed by atoms with van der Waals surface area (Å²) in [7, 11) is 0. The van der Waals surface area contributed by atoms with E-state index in [9.17, 15) is 4.79 Å². The standard InChI is InChI=1S/C14H19BrO3/c1-3-9-17-13(14(16)18-10-4-2)11-5-7-12(15)8-6-11/h5-8,13H,3-4,9-10H2,1-2H3. The number of rotatable bonds is 7. The minimum atomic E-state index is -0.621. The summed E-state index contributed by atoms with van der Waals surface area (Å²) in [4.78, 5) is 11.9. The molecule has 0 spiro atoms. The Labute approximate surface area is 117 Å². The van der Waals surface area contributed by atoms with Crippen molar-refractivity contribution in [1.82, 2.24) is 0 Å². The van der Waals surface area contributed by atoms with Gasteiger partial charge in [0, 0.05) is 11.1 Å². The maximum absolute atomic E-state index is 11.9. The van der Waals surface area contributed by atoms with Crippen LogP contribution in [0.25, 0.3) is 0 Å². The number of carbonyl (C=O) groups excluding carboxylic acids is 1. The van der Waals surface area contributed by atoms with Crippen LogP contribution < -0.4 is 0 Å². The fourth-order valence-electron chi connectivity index (χ4n) is 1.45. The lowest BCUT2D eigenvalue weighted by Crippen LogP contribution is -2.19. The van der Waals surface area contributed by atoms with Crippen molar-refractivity contribution >= 4 is 21.9 Å². The highest BCUT2D eigenvalue weighted by Crippen LogP contribution is 2.21. The predicted octanol–water partition coefficient (Wildman–Crippen LogP) is 3.87. The van der Waals surface area contributed by atoms with Gasteiger partial charge in [-0.15, -0.1) is 0 Å². The van der Waals surface area contributed by atoms with Gasteiger partial charge in [0.25, 0.3) is 0 Å². The van der Waals surface area contributed by atoms with Crippen LogP contribution in [0.3, 0.4) is 0 Å². The van der Waals surface area contributed by atoms with Crippen molar-refractivity contribution in [3.05, 3.63) is 34.3 Å². The summed E-state index contributed by atoms with van der Waals surface area (Å²) in [6.45, 7) is 4.95. The third-order valence-electron chi connectivity index (χ3n) is 2.32. The Kier molecular flexibility index (Phi) is 6.98. The predicted molar refractivity (Wildman–Crippen MR) is 74.4 cm³/mol. The van der Waals surface area contributed by atoms with Gasteiger partial charge in [-0.1, -0.05) is 41.9 Å². The molecule has 0 aliphatic carbocycles. The summed E-state index contributed by atoms with van der Waals surface area (Å²) in [5.41, 5.74) is 0.827. The van der Waals surface area contributed by atoms with Gasteiger partial charge in [-0.2, -0.15) is 0 Å². The van der Waals surface area contributed by atoms with E-state index in [4.69, 9.17) is 9.47 Å². The second-order valence-electron chi connectivity index (χ2n) is 3.97. The molecule has 0 aliphatic heterocycles. The molecule has 4 heteroatoms. The molecule has 0 amide bonds. The average molecular weight is 315 g/mol. The van der Waals surface area contributed by atoms with E-state index >= 15 is 0 Å². The van der Waals surface area contributed by atoms with E-state index in [1.807, 2.05) is 38.1 Å². The first-order valence-corrected chi connectivity index (χ1v) is 7.02. The van der Waals surface area contributed by atoms with E-state index in [1.54, 1.807) is 0 Å². The first kappa shape index (κ1) is 15.2. The van der Waals surface area contributed by atoms with Gasteiger partial charge >= 0.3 is 5.97 Å². The molecule has 100 valence electrons. The molecule has 0 aromatic heterocycles. The van der Waals surface area contributed by atoms with Crippen LogP contribution in [0.15, 0.2) is 28.7 Å². The van der Waals surface area contributed by atoms with Crippen molar-refractivity contribution in [2.24, 2.45) is 0 Å². The zero-order valence-electron chi connectivity index (χ0n) is 10.8. The van der Waals surface area contributed by atoms with E-state index in [-0.39, 0.29) is 5.97 Å². The zero-order valence-corrected chi connectivity index (χ0v) is 12.4. The van der Waals surface area contributed by atoms with Gasteiger partial charge in [0.15, 0.2) is 6.10 Å². The zero-order chi connectivity index (χ0) is 13.4. The van der Waals surface area contributed by atoms with E-state index < -0.39 is 6.10 Å². The molecule has 1 unspecified atom stereocenters. The van der Waals surface area contributed by atoms with Crippen LogP contribution in [0.1, 0.15) is 38.4 Å². The maximum Gasteiger partial charge on any atom is 0.339 e. The van der Waals surface area contributed by atoms with Gasteiger partial charge in [-0.05, 0) is 30.5 Å². The Bertz CT molecular complexity index is 362. The molecule has 0 bridgehead atoms. The quantitative estimate of drug-likeness (QED) is 0.717. The van der Waals surface area contributed by atoms with Crippen LogP contribution in [0.5, 0.6) is 0 Å². The lowest BCUT2D eigenvalue weighted by Gasteiger charge is -2.16. The summed E-state index contributed by atoms with van der Waals surface area (Å²) >= 11 is 3.37. The van der Waals surface area contributed by atoms with E-state index in [0.29, 0.717) is 13.2 Å². The highest BCUT2D eigenvalue weighted by molar-refractivity contribution is 9.10. The molecule has 0 N–H and O–H groups in total. The number of benzene rings is 1. The third-order valence-corrected chi connectivity index (χ3v) is 2.85. The molecule has 0 radical (unpaired) electrons. The van der Waals surface area contributed by atoms with Crippen molar-refractivity contribution in [3.8, 4) is 0 Å². The summed E-state index contributed by atoms with van der Waals surface area (Å²) in [6, 6.07) is 7.53. The Morgan fingerprint density at radius 3 is 2.33 bits per heavy atom. The van der Waals surface area contributed by atoms with Gasteiger partial charge in [-0.25, -0.2) is 4.79 Å². The number of hydrogen-bond acceptors (Lipinski definition) is 3. The molecule has 1 aromatic rings. The molecule has 3 nitrogen and oxygen atoms in total. The van der Waals surface area contributed by atoms with Gasteiger partial charge in [0.2, 0.25) is 0 Å². The van der Waals surface area contributed by atoms with Crippen LogP contribution in [-0.4, -0.2) is 19.2 Å². The Hall–Kier alpha value is -0.870. The Morgan fingerprint density at radius 1 is 1.17 bits per heavy atom. The van der Waals surface area contributed by atoms with Gasteiger partial charge in [0.1, 0.15) is 0 Å². The Balaban J connectivity index is 2.76. The molecule has 0 fully saturated rings. The lowest BCUT2D eigenvalue weighted by atomic mass is 10.1. The fourth-order valence-corrected chi connectivity index (χ4v) is 1.72. The topological polar surface area (TPSA) is 35.5 Å². The van der Waals surface area contributed by atoms with Crippen LogP contribution >= 0.6 is 15.9 Å². The van der Waals surface area contributed by atoms with Crippen LogP contribution in [-0.2, 0) is 14.3 Å². The van der Waals surface area contributed by atoms with Crippen LogP contribution in [0.4, 0.5) is 0 Å². The number of carbonyl (C=O) groups is 1. The largest absolute Gasteiger partial charge is 0.464 e. The van der Waals surface area contributed by atoms with Crippen molar-refractivity contribution < 1.29 is 14.3 Å². The molecule has 0 saturated carbocycles. The summed E-state index contributed by atoms with van der Waals surface area (Å²) in [6.07, 6.45) is 1.06. The average Bonchev–Trinajstić information content (AvgIpc) is 2.38. The van der Waals surface area contributed by atoms with E-state index in [2.05, 4.69) is 15.9 Å². The molecule has 18 heavy (non-hydrogen) atoms. The molecule has 0 heterocycles.